The summed E-state index contributed by atoms with van der Waals surface area (Å²) in [6, 6.07) is 12.2. The van der Waals surface area contributed by atoms with E-state index >= 15 is 0 Å². The minimum atomic E-state index is -4.24. The monoisotopic (exact) mass is 567 g/mol. The number of carbonyl (C=O) groups is 1. The molecule has 1 heterocycles. The van der Waals surface area contributed by atoms with E-state index in [4.69, 9.17) is 33.0 Å². The first kappa shape index (κ1) is 26.9. The Labute approximate surface area is 222 Å². The molecule has 0 saturated carbocycles. The van der Waals surface area contributed by atoms with Gasteiger partial charge in [-0.25, -0.2) is 17.2 Å². The molecular weight excluding hydrogens is 547 g/mol. The Bertz CT molecular complexity index is 1490. The van der Waals surface area contributed by atoms with Gasteiger partial charge in [0.1, 0.15) is 23.5 Å². The van der Waals surface area contributed by atoms with Crippen LogP contribution < -0.4 is 9.04 Å². The average molecular weight is 568 g/mol. The average Bonchev–Trinajstić information content (AvgIpc) is 2.83. The first-order valence-corrected chi connectivity index (χ1v) is 13.3. The summed E-state index contributed by atoms with van der Waals surface area (Å²) in [7, 11) is -4.24. The molecular formula is C26H21Cl2F2NO5S. The van der Waals surface area contributed by atoms with Crippen LogP contribution in [0.2, 0.25) is 10.0 Å². The number of carboxylic acids is 1. The second-order valence-corrected chi connectivity index (χ2v) is 11.1. The molecule has 0 radical (unpaired) electrons. The normalized spacial score (nSPS) is 15.8. The largest absolute Gasteiger partial charge is 0.486 e. The first-order valence-electron chi connectivity index (χ1n) is 11.1. The Morgan fingerprint density at radius 3 is 2.54 bits per heavy atom. The Hall–Kier alpha value is -3.14. The van der Waals surface area contributed by atoms with Gasteiger partial charge in [-0.1, -0.05) is 41.4 Å². The molecule has 0 amide bonds. The summed E-state index contributed by atoms with van der Waals surface area (Å²) in [5.74, 6) is -2.09. The van der Waals surface area contributed by atoms with Crippen molar-refractivity contribution in [3.05, 3.63) is 87.4 Å². The molecule has 1 aliphatic rings. The van der Waals surface area contributed by atoms with Crippen LogP contribution in [-0.4, -0.2) is 32.1 Å². The Kier molecular flexibility index (Phi) is 7.77. The van der Waals surface area contributed by atoms with Gasteiger partial charge in [-0.3, -0.25) is 9.10 Å². The number of carboxylic acid groups (broad SMARTS) is 1. The third-order valence-corrected chi connectivity index (χ3v) is 8.19. The van der Waals surface area contributed by atoms with E-state index in [0.29, 0.717) is 11.1 Å². The van der Waals surface area contributed by atoms with Gasteiger partial charge in [-0.2, -0.15) is 0 Å². The molecule has 3 aromatic rings. The first-order chi connectivity index (χ1) is 17.5. The summed E-state index contributed by atoms with van der Waals surface area (Å²) in [6.45, 7) is 1.50. The Morgan fingerprint density at radius 2 is 1.86 bits per heavy atom. The standard InChI is InChI=1S/C26H21Cl2F2NO5S/c1-15(26-19(27)3-2-4-22(26)30)11-16-5-9-24-23(12-16)31(14-17(36-24)6-10-25(32)33)37(34,35)18-7-8-21(29)20(28)13-18/h2-5,7-9,11-13,17H,6,10,14H2,1H3,(H,32,33). The lowest BCUT2D eigenvalue weighted by molar-refractivity contribution is -0.137. The van der Waals surface area contributed by atoms with E-state index in [2.05, 4.69) is 0 Å². The second kappa shape index (κ2) is 10.7. The van der Waals surface area contributed by atoms with E-state index in [1.807, 2.05) is 0 Å². The lowest BCUT2D eigenvalue weighted by Crippen LogP contribution is -2.43. The number of hydrogen-bond donors (Lipinski definition) is 1. The fourth-order valence-electron chi connectivity index (χ4n) is 4.04. The number of sulfonamides is 1. The van der Waals surface area contributed by atoms with Crippen molar-refractivity contribution in [1.29, 1.82) is 0 Å². The highest BCUT2D eigenvalue weighted by atomic mass is 35.5. The predicted molar refractivity (Wildman–Crippen MR) is 139 cm³/mol. The fourth-order valence-corrected chi connectivity index (χ4v) is 6.13. The molecule has 37 heavy (non-hydrogen) atoms. The van der Waals surface area contributed by atoms with Crippen LogP contribution in [0, 0.1) is 11.6 Å². The van der Waals surface area contributed by atoms with Crippen molar-refractivity contribution < 1.29 is 31.8 Å². The van der Waals surface area contributed by atoms with Crippen LogP contribution in [0.5, 0.6) is 5.75 Å². The topological polar surface area (TPSA) is 83.9 Å². The van der Waals surface area contributed by atoms with Gasteiger partial charge < -0.3 is 9.84 Å². The summed E-state index contributed by atoms with van der Waals surface area (Å²) < 4.78 is 62.4. The van der Waals surface area contributed by atoms with Crippen molar-refractivity contribution in [3.63, 3.8) is 0 Å². The second-order valence-electron chi connectivity index (χ2n) is 8.44. The van der Waals surface area contributed by atoms with Crippen LogP contribution in [-0.2, 0) is 14.8 Å². The van der Waals surface area contributed by atoms with Crippen molar-refractivity contribution >= 4 is 56.5 Å². The van der Waals surface area contributed by atoms with Crippen molar-refractivity contribution in [1.82, 2.24) is 0 Å². The highest BCUT2D eigenvalue weighted by Gasteiger charge is 2.35. The van der Waals surface area contributed by atoms with Crippen LogP contribution in [0.15, 0.2) is 59.5 Å². The SMILES string of the molecule is CC(=Cc1ccc2c(c1)N(S(=O)(=O)c1ccc(F)c(Cl)c1)CC(CCC(=O)O)O2)c1c(F)cccc1Cl. The quantitative estimate of drug-likeness (QED) is 0.323. The molecule has 0 spiro atoms. The number of allylic oxidation sites excluding steroid dienone is 1. The fraction of sp³-hybridized carbons (Fsp3) is 0.192. The maximum atomic E-state index is 14.4. The van der Waals surface area contributed by atoms with Gasteiger partial charge in [0.2, 0.25) is 0 Å². The third-order valence-electron chi connectivity index (χ3n) is 5.81. The minimum absolute atomic E-state index is 0.0670. The van der Waals surface area contributed by atoms with Gasteiger partial charge in [0, 0.05) is 12.0 Å². The highest BCUT2D eigenvalue weighted by molar-refractivity contribution is 7.92. The van der Waals surface area contributed by atoms with Gasteiger partial charge >= 0.3 is 5.97 Å². The minimum Gasteiger partial charge on any atom is -0.486 e. The predicted octanol–water partition coefficient (Wildman–Crippen LogP) is 6.65. The maximum Gasteiger partial charge on any atom is 0.303 e. The molecule has 11 heteroatoms. The van der Waals surface area contributed by atoms with Gasteiger partial charge in [0.25, 0.3) is 10.0 Å². The summed E-state index contributed by atoms with van der Waals surface area (Å²) in [4.78, 5) is 10.9. The van der Waals surface area contributed by atoms with Crippen LogP contribution in [0.25, 0.3) is 11.6 Å². The van der Waals surface area contributed by atoms with E-state index in [-0.39, 0.29) is 51.3 Å². The van der Waals surface area contributed by atoms with Gasteiger partial charge in [0.15, 0.2) is 0 Å². The van der Waals surface area contributed by atoms with E-state index in [9.17, 15) is 22.0 Å². The molecule has 1 unspecified atom stereocenters. The number of fused-ring (bicyclic) bond motifs is 1. The van der Waals surface area contributed by atoms with Gasteiger partial charge in [-0.05, 0) is 66.9 Å². The zero-order chi connectivity index (χ0) is 26.9. The molecule has 0 aliphatic carbocycles. The molecule has 1 N–H and O–H groups in total. The number of hydrogen-bond acceptors (Lipinski definition) is 4. The highest BCUT2D eigenvalue weighted by Crippen LogP contribution is 2.40. The number of nitrogens with zero attached hydrogens (tertiary/aromatic N) is 1. The van der Waals surface area contributed by atoms with Crippen molar-refractivity contribution in [2.24, 2.45) is 0 Å². The van der Waals surface area contributed by atoms with E-state index in [1.165, 1.54) is 12.1 Å². The third kappa shape index (κ3) is 5.74. The molecule has 6 nitrogen and oxygen atoms in total. The van der Waals surface area contributed by atoms with Crippen molar-refractivity contribution in [3.8, 4) is 5.75 Å². The van der Waals surface area contributed by atoms with Crippen LogP contribution >= 0.6 is 23.2 Å². The van der Waals surface area contributed by atoms with Gasteiger partial charge in [-0.15, -0.1) is 0 Å². The molecule has 3 aromatic carbocycles. The molecule has 1 aliphatic heterocycles. The number of benzene rings is 3. The summed E-state index contributed by atoms with van der Waals surface area (Å²) >= 11 is 12.0. The number of halogens is 4. The zero-order valence-corrected chi connectivity index (χ0v) is 21.7. The van der Waals surface area contributed by atoms with E-state index in [0.717, 1.165) is 22.5 Å². The summed E-state index contributed by atoms with van der Waals surface area (Å²) in [5.41, 5.74) is 1.46. The summed E-state index contributed by atoms with van der Waals surface area (Å²) in [5, 5.41) is 8.95. The lowest BCUT2D eigenvalue weighted by Gasteiger charge is -2.35. The lowest BCUT2D eigenvalue weighted by atomic mass is 10.0. The van der Waals surface area contributed by atoms with Crippen molar-refractivity contribution in [2.45, 2.75) is 30.8 Å². The molecule has 4 rings (SSSR count). The maximum absolute atomic E-state index is 14.4. The molecule has 194 valence electrons. The molecule has 0 aromatic heterocycles. The zero-order valence-electron chi connectivity index (χ0n) is 19.4. The molecule has 0 bridgehead atoms. The number of anilines is 1. The van der Waals surface area contributed by atoms with E-state index < -0.39 is 33.7 Å². The summed E-state index contributed by atoms with van der Waals surface area (Å²) in [6.07, 6.45) is 0.757. The van der Waals surface area contributed by atoms with Crippen LogP contribution in [0.4, 0.5) is 14.5 Å². The number of aliphatic carboxylic acids is 1. The van der Waals surface area contributed by atoms with Crippen molar-refractivity contribution in [2.75, 3.05) is 10.8 Å². The molecule has 0 saturated heterocycles. The molecule has 1 atom stereocenters. The van der Waals surface area contributed by atoms with Crippen LogP contribution in [0.1, 0.15) is 30.9 Å². The van der Waals surface area contributed by atoms with E-state index in [1.54, 1.807) is 37.3 Å². The van der Waals surface area contributed by atoms with Gasteiger partial charge in [0.05, 0.1) is 27.2 Å². The smallest absolute Gasteiger partial charge is 0.303 e. The Balaban J connectivity index is 1.79. The number of ether oxygens (including phenoxy) is 1. The molecule has 0 fully saturated rings. The van der Waals surface area contributed by atoms with Crippen LogP contribution in [0.3, 0.4) is 0 Å². The Morgan fingerprint density at radius 1 is 1.11 bits per heavy atom. The number of rotatable bonds is 7.